The lowest BCUT2D eigenvalue weighted by Crippen LogP contribution is -2.41. The molecule has 1 aliphatic heterocycles. The molecule has 4 heteroatoms. The molecule has 0 spiro atoms. The minimum absolute atomic E-state index is 0.385. The lowest BCUT2D eigenvalue weighted by Gasteiger charge is -2.31. The minimum Gasteiger partial charge on any atom is -0.358 e. The summed E-state index contributed by atoms with van der Waals surface area (Å²) in [5, 5.41) is 0.822. The van der Waals surface area contributed by atoms with Crippen LogP contribution in [0, 0.1) is 6.92 Å². The van der Waals surface area contributed by atoms with Gasteiger partial charge in [0, 0.05) is 29.7 Å². The average molecular weight is 346 g/mol. The summed E-state index contributed by atoms with van der Waals surface area (Å²) in [5.74, 6) is -0.326. The summed E-state index contributed by atoms with van der Waals surface area (Å²) < 4.78 is 0. The zero-order valence-corrected chi connectivity index (χ0v) is 14.9. The van der Waals surface area contributed by atoms with Gasteiger partial charge in [0.05, 0.1) is 5.56 Å². The van der Waals surface area contributed by atoms with Gasteiger partial charge in [-0.1, -0.05) is 48.5 Å². The van der Waals surface area contributed by atoms with Gasteiger partial charge in [0.1, 0.15) is 0 Å². The molecule has 1 amide bonds. The lowest BCUT2D eigenvalue weighted by atomic mass is 9.89. The van der Waals surface area contributed by atoms with Crippen molar-refractivity contribution in [3.05, 3.63) is 71.4 Å². The van der Waals surface area contributed by atoms with E-state index in [1.165, 1.54) is 5.56 Å². The third-order valence-corrected chi connectivity index (χ3v) is 5.37. The van der Waals surface area contributed by atoms with Crippen LogP contribution in [-0.4, -0.2) is 34.7 Å². The van der Waals surface area contributed by atoms with Crippen molar-refractivity contribution in [2.75, 3.05) is 13.1 Å². The highest BCUT2D eigenvalue weighted by Crippen LogP contribution is 2.29. The van der Waals surface area contributed by atoms with E-state index in [-0.39, 0.29) is 5.91 Å². The number of hydrogen-bond donors (Lipinski definition) is 1. The highest BCUT2D eigenvalue weighted by molar-refractivity contribution is 6.45. The molecule has 4 rings (SSSR count). The van der Waals surface area contributed by atoms with Gasteiger partial charge in [0.2, 0.25) is 0 Å². The van der Waals surface area contributed by atoms with Crippen LogP contribution in [0.3, 0.4) is 0 Å². The van der Waals surface area contributed by atoms with Gasteiger partial charge in [-0.2, -0.15) is 0 Å². The first-order chi connectivity index (χ1) is 12.6. The molecule has 1 N–H and O–H groups in total. The van der Waals surface area contributed by atoms with Crippen molar-refractivity contribution in [1.29, 1.82) is 0 Å². The van der Waals surface area contributed by atoms with E-state index >= 15 is 0 Å². The van der Waals surface area contributed by atoms with Crippen LogP contribution in [-0.2, 0) is 4.79 Å². The van der Waals surface area contributed by atoms with Crippen LogP contribution in [0.25, 0.3) is 10.9 Å². The predicted octanol–water partition coefficient (Wildman–Crippen LogP) is 4.07. The normalized spacial score (nSPS) is 15.3. The van der Waals surface area contributed by atoms with Gasteiger partial charge in [-0.15, -0.1) is 0 Å². The van der Waals surface area contributed by atoms with E-state index in [0.29, 0.717) is 24.6 Å². The van der Waals surface area contributed by atoms with Crippen molar-refractivity contribution in [3.63, 3.8) is 0 Å². The van der Waals surface area contributed by atoms with Crippen LogP contribution in [0.1, 0.15) is 40.4 Å². The van der Waals surface area contributed by atoms with Gasteiger partial charge in [-0.3, -0.25) is 9.59 Å². The number of fused-ring (bicyclic) bond motifs is 1. The number of aryl methyl sites for hydroxylation is 1. The van der Waals surface area contributed by atoms with Gasteiger partial charge >= 0.3 is 0 Å². The maximum Gasteiger partial charge on any atom is 0.295 e. The van der Waals surface area contributed by atoms with Gasteiger partial charge in [0.15, 0.2) is 0 Å². The van der Waals surface area contributed by atoms with E-state index in [4.69, 9.17) is 0 Å². The average Bonchev–Trinajstić information content (AvgIpc) is 3.03. The van der Waals surface area contributed by atoms with E-state index in [2.05, 4.69) is 29.2 Å². The SMILES string of the molecule is Cc1[nH]c2ccccc2c1C(=O)C(=O)N1CCC(c2ccccc2)CC1. The van der Waals surface area contributed by atoms with Crippen LogP contribution in [0.5, 0.6) is 0 Å². The van der Waals surface area contributed by atoms with Gasteiger partial charge < -0.3 is 9.88 Å². The fourth-order valence-corrected chi connectivity index (χ4v) is 3.96. The van der Waals surface area contributed by atoms with Crippen molar-refractivity contribution in [2.45, 2.75) is 25.7 Å². The summed E-state index contributed by atoms with van der Waals surface area (Å²) in [6.45, 7) is 3.11. The molecule has 0 bridgehead atoms. The van der Waals surface area contributed by atoms with Crippen LogP contribution in [0.4, 0.5) is 0 Å². The molecule has 0 atom stereocenters. The van der Waals surface area contributed by atoms with Crippen molar-refractivity contribution >= 4 is 22.6 Å². The molecule has 0 aliphatic carbocycles. The maximum absolute atomic E-state index is 12.9. The molecular formula is C22H22N2O2. The Morgan fingerprint density at radius 2 is 1.62 bits per heavy atom. The highest BCUT2D eigenvalue weighted by atomic mass is 16.2. The van der Waals surface area contributed by atoms with Crippen molar-refractivity contribution in [1.82, 2.24) is 9.88 Å². The Hall–Kier alpha value is -2.88. The number of para-hydroxylation sites is 1. The number of rotatable bonds is 3. The molecule has 3 aromatic rings. The number of carbonyl (C=O) groups excluding carboxylic acids is 2. The Bertz CT molecular complexity index is 951. The van der Waals surface area contributed by atoms with E-state index < -0.39 is 5.78 Å². The third kappa shape index (κ3) is 2.92. The summed E-state index contributed by atoms with van der Waals surface area (Å²) in [6.07, 6.45) is 1.80. The molecule has 0 unspecified atom stereocenters. The highest BCUT2D eigenvalue weighted by Gasteiger charge is 2.30. The van der Waals surface area contributed by atoms with Crippen LogP contribution < -0.4 is 0 Å². The molecule has 0 saturated carbocycles. The number of aromatic amines is 1. The smallest absolute Gasteiger partial charge is 0.295 e. The number of benzene rings is 2. The quantitative estimate of drug-likeness (QED) is 0.574. The fraction of sp³-hybridized carbons (Fsp3) is 0.273. The molecule has 4 nitrogen and oxygen atoms in total. The largest absolute Gasteiger partial charge is 0.358 e. The molecule has 2 heterocycles. The Kier molecular flexibility index (Phi) is 4.33. The zero-order chi connectivity index (χ0) is 18.1. The number of H-pyrrole nitrogens is 1. The monoisotopic (exact) mass is 346 g/mol. The zero-order valence-electron chi connectivity index (χ0n) is 14.9. The van der Waals surface area contributed by atoms with Crippen molar-refractivity contribution in [3.8, 4) is 0 Å². The van der Waals surface area contributed by atoms with Gasteiger partial charge in [-0.05, 0) is 37.3 Å². The molecule has 132 valence electrons. The Morgan fingerprint density at radius 3 is 2.35 bits per heavy atom. The minimum atomic E-state index is -0.405. The molecule has 26 heavy (non-hydrogen) atoms. The number of nitrogens with one attached hydrogen (secondary N) is 1. The van der Waals surface area contributed by atoms with Gasteiger partial charge in [-0.25, -0.2) is 0 Å². The van der Waals surface area contributed by atoms with Crippen molar-refractivity contribution < 1.29 is 9.59 Å². The summed E-state index contributed by atoms with van der Waals surface area (Å²) in [5.41, 5.74) is 3.47. The summed E-state index contributed by atoms with van der Waals surface area (Å²) in [6, 6.07) is 18.0. The number of aromatic nitrogens is 1. The Morgan fingerprint density at radius 1 is 0.962 bits per heavy atom. The number of likely N-dealkylation sites (tertiary alicyclic amines) is 1. The van der Waals surface area contributed by atoms with E-state index in [9.17, 15) is 9.59 Å². The van der Waals surface area contributed by atoms with E-state index in [0.717, 1.165) is 29.4 Å². The predicted molar refractivity (Wildman–Crippen MR) is 102 cm³/mol. The number of ketones is 1. The molecule has 0 radical (unpaired) electrons. The molecule has 1 saturated heterocycles. The van der Waals surface area contributed by atoms with Crippen LogP contribution in [0.15, 0.2) is 54.6 Å². The molecule has 1 fully saturated rings. The summed E-state index contributed by atoms with van der Waals surface area (Å²) in [7, 11) is 0. The van der Waals surface area contributed by atoms with Crippen molar-refractivity contribution in [2.24, 2.45) is 0 Å². The standard InChI is InChI=1S/C22H22N2O2/c1-15-20(18-9-5-6-10-19(18)23-15)21(25)22(26)24-13-11-17(12-14-24)16-7-3-2-4-8-16/h2-10,17,23H,11-14H2,1H3. The summed E-state index contributed by atoms with van der Waals surface area (Å²) in [4.78, 5) is 30.6. The molecule has 2 aromatic carbocycles. The molecule has 1 aliphatic rings. The lowest BCUT2D eigenvalue weighted by molar-refractivity contribution is -0.127. The number of carbonyl (C=O) groups is 2. The Balaban J connectivity index is 1.50. The number of piperidine rings is 1. The topological polar surface area (TPSA) is 53.2 Å². The molecule has 1 aromatic heterocycles. The van der Waals surface area contributed by atoms with Crippen LogP contribution >= 0.6 is 0 Å². The number of nitrogens with zero attached hydrogens (tertiary/aromatic N) is 1. The summed E-state index contributed by atoms with van der Waals surface area (Å²) >= 11 is 0. The second-order valence-electron chi connectivity index (χ2n) is 6.98. The molecular weight excluding hydrogens is 324 g/mol. The number of hydrogen-bond acceptors (Lipinski definition) is 2. The van der Waals surface area contributed by atoms with Gasteiger partial charge in [0.25, 0.3) is 11.7 Å². The second kappa shape index (κ2) is 6.79. The van der Waals surface area contributed by atoms with E-state index in [1.54, 1.807) is 4.90 Å². The van der Waals surface area contributed by atoms with E-state index in [1.807, 2.05) is 37.3 Å². The fourth-order valence-electron chi connectivity index (χ4n) is 3.96. The second-order valence-corrected chi connectivity index (χ2v) is 6.98. The first kappa shape index (κ1) is 16.6. The van der Waals surface area contributed by atoms with Crippen LogP contribution in [0.2, 0.25) is 0 Å². The Labute approximate surface area is 152 Å². The maximum atomic E-state index is 12.9. The first-order valence-electron chi connectivity index (χ1n) is 9.11. The number of Topliss-reactive ketones (excluding diaryl/α,β-unsaturated/α-hetero) is 1. The third-order valence-electron chi connectivity index (χ3n) is 5.37. The first-order valence-corrected chi connectivity index (χ1v) is 9.11. The number of amides is 1.